The molecule has 0 aromatic rings. The minimum absolute atomic E-state index is 0.0530. The van der Waals surface area contributed by atoms with Gasteiger partial charge in [-0.2, -0.15) is 0 Å². The number of ether oxygens (including phenoxy) is 1. The van der Waals surface area contributed by atoms with Crippen LogP contribution in [0, 0.1) is 5.92 Å². The summed E-state index contributed by atoms with van der Waals surface area (Å²) >= 11 is 0. The SMILES string of the molecule is CCN1C[C@H]2CCN(C(=O)[C@@H]3CCCO3)CC[C@H]2S1(=O)=O. The van der Waals surface area contributed by atoms with E-state index in [-0.39, 0.29) is 23.2 Å². The van der Waals surface area contributed by atoms with Gasteiger partial charge in [0, 0.05) is 32.8 Å². The second kappa shape index (κ2) is 5.85. The predicted molar refractivity (Wildman–Crippen MR) is 78.2 cm³/mol. The van der Waals surface area contributed by atoms with Crippen LogP contribution >= 0.6 is 0 Å². The van der Waals surface area contributed by atoms with Gasteiger partial charge in [0.25, 0.3) is 5.91 Å². The highest BCUT2D eigenvalue weighted by molar-refractivity contribution is 7.90. The third-order valence-corrected chi connectivity index (χ3v) is 7.54. The molecule has 3 fully saturated rings. The topological polar surface area (TPSA) is 66.9 Å². The van der Waals surface area contributed by atoms with Crippen LogP contribution < -0.4 is 0 Å². The van der Waals surface area contributed by atoms with E-state index in [0.29, 0.717) is 39.2 Å². The molecule has 3 rings (SSSR count). The van der Waals surface area contributed by atoms with Crippen LogP contribution in [0.15, 0.2) is 0 Å². The van der Waals surface area contributed by atoms with E-state index in [1.807, 2.05) is 11.8 Å². The molecule has 0 radical (unpaired) electrons. The van der Waals surface area contributed by atoms with Gasteiger partial charge >= 0.3 is 0 Å². The van der Waals surface area contributed by atoms with Crippen LogP contribution in [0.1, 0.15) is 32.6 Å². The zero-order valence-corrected chi connectivity index (χ0v) is 13.3. The van der Waals surface area contributed by atoms with Crippen molar-refractivity contribution < 1.29 is 17.9 Å². The molecule has 0 N–H and O–H groups in total. The van der Waals surface area contributed by atoms with Crippen LogP contribution in [0.3, 0.4) is 0 Å². The Balaban J connectivity index is 1.68. The summed E-state index contributed by atoms with van der Waals surface area (Å²) in [5, 5.41) is -0.306. The van der Waals surface area contributed by atoms with E-state index in [2.05, 4.69) is 0 Å². The van der Waals surface area contributed by atoms with Gasteiger partial charge in [-0.05, 0) is 31.6 Å². The van der Waals surface area contributed by atoms with E-state index in [9.17, 15) is 13.2 Å². The van der Waals surface area contributed by atoms with Gasteiger partial charge in [0.1, 0.15) is 6.10 Å². The monoisotopic (exact) mass is 316 g/mol. The number of rotatable bonds is 2. The van der Waals surface area contributed by atoms with Crippen molar-refractivity contribution in [2.45, 2.75) is 44.0 Å². The molecule has 1 amide bonds. The number of nitrogens with zero attached hydrogens (tertiary/aromatic N) is 2. The summed E-state index contributed by atoms with van der Waals surface area (Å²) in [6, 6.07) is 0. The Hall–Kier alpha value is -0.660. The van der Waals surface area contributed by atoms with E-state index in [4.69, 9.17) is 4.74 Å². The molecule has 0 unspecified atom stereocenters. The second-order valence-corrected chi connectivity index (χ2v) is 8.35. The molecular weight excluding hydrogens is 292 g/mol. The van der Waals surface area contributed by atoms with E-state index in [1.165, 1.54) is 0 Å². The lowest BCUT2D eigenvalue weighted by Gasteiger charge is -2.24. The van der Waals surface area contributed by atoms with Crippen molar-refractivity contribution in [2.75, 3.05) is 32.8 Å². The fraction of sp³-hybridized carbons (Fsp3) is 0.929. The minimum Gasteiger partial charge on any atom is -0.368 e. The smallest absolute Gasteiger partial charge is 0.251 e. The Labute approximate surface area is 126 Å². The summed E-state index contributed by atoms with van der Waals surface area (Å²) < 4.78 is 31.9. The van der Waals surface area contributed by atoms with Crippen LogP contribution in [0.2, 0.25) is 0 Å². The quantitative estimate of drug-likeness (QED) is 0.741. The third kappa shape index (κ3) is 2.71. The zero-order valence-electron chi connectivity index (χ0n) is 12.5. The number of fused-ring (bicyclic) bond motifs is 1. The Kier molecular flexibility index (Phi) is 4.25. The number of likely N-dealkylation sites (tertiary alicyclic amines) is 1. The van der Waals surface area contributed by atoms with E-state index in [0.717, 1.165) is 19.3 Å². The molecule has 3 aliphatic rings. The van der Waals surface area contributed by atoms with Gasteiger partial charge in [-0.1, -0.05) is 6.92 Å². The number of carbonyl (C=O) groups is 1. The fourth-order valence-corrected chi connectivity index (χ4v) is 6.06. The van der Waals surface area contributed by atoms with Gasteiger partial charge in [-0.3, -0.25) is 4.79 Å². The average Bonchev–Trinajstić information content (AvgIpc) is 2.99. The number of hydrogen-bond acceptors (Lipinski definition) is 4. The van der Waals surface area contributed by atoms with Gasteiger partial charge in [-0.25, -0.2) is 12.7 Å². The van der Waals surface area contributed by atoms with Crippen molar-refractivity contribution in [2.24, 2.45) is 5.92 Å². The van der Waals surface area contributed by atoms with Crippen molar-refractivity contribution >= 4 is 15.9 Å². The molecule has 0 spiro atoms. The van der Waals surface area contributed by atoms with Crippen LogP contribution in [-0.2, 0) is 19.6 Å². The van der Waals surface area contributed by atoms with Crippen LogP contribution in [0.25, 0.3) is 0 Å². The maximum Gasteiger partial charge on any atom is 0.251 e. The molecule has 6 nitrogen and oxygen atoms in total. The minimum atomic E-state index is -3.17. The normalized spacial score (nSPS) is 36.4. The van der Waals surface area contributed by atoms with Crippen LogP contribution in [0.4, 0.5) is 0 Å². The summed E-state index contributed by atoms with van der Waals surface area (Å²) in [6.07, 6.45) is 2.77. The van der Waals surface area contributed by atoms with Crippen molar-refractivity contribution in [3.8, 4) is 0 Å². The molecule has 0 saturated carbocycles. The third-order valence-electron chi connectivity index (χ3n) is 5.03. The summed E-state index contributed by atoms with van der Waals surface area (Å²) in [5.41, 5.74) is 0. The molecule has 0 aliphatic carbocycles. The van der Waals surface area contributed by atoms with Crippen molar-refractivity contribution in [1.82, 2.24) is 9.21 Å². The summed E-state index contributed by atoms with van der Waals surface area (Å²) in [4.78, 5) is 14.2. The zero-order chi connectivity index (χ0) is 15.0. The largest absolute Gasteiger partial charge is 0.368 e. The van der Waals surface area contributed by atoms with Crippen molar-refractivity contribution in [3.05, 3.63) is 0 Å². The number of sulfonamides is 1. The molecule has 120 valence electrons. The Morgan fingerprint density at radius 1 is 1.24 bits per heavy atom. The van der Waals surface area contributed by atoms with Gasteiger partial charge in [0.2, 0.25) is 10.0 Å². The Morgan fingerprint density at radius 2 is 2.00 bits per heavy atom. The lowest BCUT2D eigenvalue weighted by atomic mass is 10.0. The fourth-order valence-electron chi connectivity index (χ4n) is 3.80. The second-order valence-electron chi connectivity index (χ2n) is 6.20. The highest BCUT2D eigenvalue weighted by atomic mass is 32.2. The first-order chi connectivity index (χ1) is 10.0. The molecule has 0 aromatic carbocycles. The first-order valence-corrected chi connectivity index (χ1v) is 9.43. The highest BCUT2D eigenvalue weighted by Gasteiger charge is 2.46. The predicted octanol–water partition coefficient (Wildman–Crippen LogP) is 0.438. The standard InChI is InChI=1S/C14H24N2O4S/c1-2-16-10-11-5-7-15(8-6-13(11)21(16,18)19)14(17)12-4-3-9-20-12/h11-13H,2-10H2,1H3/t11-,12+,13-/m1/s1. The summed E-state index contributed by atoms with van der Waals surface area (Å²) in [6.45, 7) is 4.91. The van der Waals surface area contributed by atoms with Gasteiger partial charge in [-0.15, -0.1) is 0 Å². The highest BCUT2D eigenvalue weighted by Crippen LogP contribution is 2.34. The summed E-state index contributed by atoms with van der Waals surface area (Å²) in [5.74, 6) is 0.217. The maximum atomic E-state index is 12.4. The summed E-state index contributed by atoms with van der Waals surface area (Å²) in [7, 11) is -3.17. The first-order valence-electron chi connectivity index (χ1n) is 7.93. The molecule has 7 heteroatoms. The number of hydrogen-bond donors (Lipinski definition) is 0. The molecule has 3 heterocycles. The lowest BCUT2D eigenvalue weighted by molar-refractivity contribution is -0.140. The van der Waals surface area contributed by atoms with Crippen LogP contribution in [-0.4, -0.2) is 67.7 Å². The molecule has 3 aliphatic heterocycles. The van der Waals surface area contributed by atoms with Gasteiger partial charge in [0.05, 0.1) is 5.25 Å². The molecule has 3 saturated heterocycles. The molecule has 21 heavy (non-hydrogen) atoms. The van der Waals surface area contributed by atoms with E-state index in [1.54, 1.807) is 4.31 Å². The molecule has 0 aromatic heterocycles. The molecule has 3 atom stereocenters. The Morgan fingerprint density at radius 3 is 2.67 bits per heavy atom. The number of amides is 1. The molecular formula is C14H24N2O4S. The lowest BCUT2D eigenvalue weighted by Crippen LogP contribution is -2.40. The molecule has 0 bridgehead atoms. The van der Waals surface area contributed by atoms with E-state index < -0.39 is 10.0 Å². The van der Waals surface area contributed by atoms with Gasteiger partial charge < -0.3 is 9.64 Å². The van der Waals surface area contributed by atoms with Gasteiger partial charge in [0.15, 0.2) is 0 Å². The average molecular weight is 316 g/mol. The van der Waals surface area contributed by atoms with Crippen LogP contribution in [0.5, 0.6) is 0 Å². The van der Waals surface area contributed by atoms with Crippen molar-refractivity contribution in [1.29, 1.82) is 0 Å². The number of carbonyl (C=O) groups excluding carboxylic acids is 1. The van der Waals surface area contributed by atoms with Crippen molar-refractivity contribution in [3.63, 3.8) is 0 Å². The Bertz CT molecular complexity index is 501. The van der Waals surface area contributed by atoms with E-state index >= 15 is 0 Å². The maximum absolute atomic E-state index is 12.4. The first kappa shape index (κ1) is 15.2.